The molecular formula is C28H21NO2S. The second-order valence-electron chi connectivity index (χ2n) is 7.48. The number of hydrogen-bond acceptors (Lipinski definition) is 4. The lowest BCUT2D eigenvalue weighted by Crippen LogP contribution is -2.02. The van der Waals surface area contributed by atoms with Crippen molar-refractivity contribution in [3.63, 3.8) is 0 Å². The molecule has 32 heavy (non-hydrogen) atoms. The van der Waals surface area contributed by atoms with Crippen LogP contribution in [0.1, 0.15) is 21.5 Å². The molecule has 0 unspecified atom stereocenters. The summed E-state index contributed by atoms with van der Waals surface area (Å²) in [5.41, 5.74) is 4.78. The molecular weight excluding hydrogens is 414 g/mol. The van der Waals surface area contributed by atoms with E-state index in [2.05, 4.69) is 11.4 Å². The van der Waals surface area contributed by atoms with Gasteiger partial charge in [0.25, 0.3) is 0 Å². The summed E-state index contributed by atoms with van der Waals surface area (Å²) in [5.74, 6) is 0.777. The monoisotopic (exact) mass is 435 g/mol. The standard InChI is InChI=1S/C28H21NO2S/c30-26(22-13-17-28-25(18-22)29-24-8-4-5-9-27(24)32-28)16-12-20-10-14-23(15-11-20)31-19-21-6-2-1-3-7-21/h1-18,29H,19H2/b16-12+. The predicted molar refractivity (Wildman–Crippen MR) is 131 cm³/mol. The Kier molecular flexibility index (Phi) is 5.77. The molecule has 0 radical (unpaired) electrons. The summed E-state index contributed by atoms with van der Waals surface area (Å²) < 4.78 is 5.82. The van der Waals surface area contributed by atoms with Gasteiger partial charge in [0.1, 0.15) is 12.4 Å². The van der Waals surface area contributed by atoms with E-state index in [1.54, 1.807) is 17.8 Å². The lowest BCUT2D eigenvalue weighted by atomic mass is 10.1. The number of rotatable bonds is 6. The molecule has 1 aliphatic rings. The van der Waals surface area contributed by atoms with Gasteiger partial charge in [0.2, 0.25) is 0 Å². The van der Waals surface area contributed by atoms with Crippen molar-refractivity contribution in [1.29, 1.82) is 0 Å². The fourth-order valence-electron chi connectivity index (χ4n) is 3.48. The molecule has 0 fully saturated rings. The molecule has 0 aromatic heterocycles. The van der Waals surface area contributed by atoms with E-state index in [-0.39, 0.29) is 5.78 Å². The summed E-state index contributed by atoms with van der Waals surface area (Å²) >= 11 is 1.71. The molecule has 1 aliphatic heterocycles. The summed E-state index contributed by atoms with van der Waals surface area (Å²) in [5, 5.41) is 3.43. The average Bonchev–Trinajstić information content (AvgIpc) is 2.85. The fraction of sp³-hybridized carbons (Fsp3) is 0.0357. The van der Waals surface area contributed by atoms with Crippen LogP contribution in [0.15, 0.2) is 113 Å². The number of anilines is 2. The molecule has 1 N–H and O–H groups in total. The lowest BCUT2D eigenvalue weighted by Gasteiger charge is -2.20. The average molecular weight is 436 g/mol. The highest BCUT2D eigenvalue weighted by Crippen LogP contribution is 2.44. The number of ether oxygens (including phenoxy) is 1. The normalized spacial score (nSPS) is 12.0. The molecule has 0 saturated carbocycles. The van der Waals surface area contributed by atoms with Crippen LogP contribution in [-0.4, -0.2) is 5.78 Å². The van der Waals surface area contributed by atoms with Gasteiger partial charge in [0.05, 0.1) is 11.4 Å². The van der Waals surface area contributed by atoms with Crippen molar-refractivity contribution in [2.45, 2.75) is 16.4 Å². The molecule has 0 saturated heterocycles. The van der Waals surface area contributed by atoms with Gasteiger partial charge in [-0.25, -0.2) is 0 Å². The van der Waals surface area contributed by atoms with Crippen molar-refractivity contribution in [2.24, 2.45) is 0 Å². The van der Waals surface area contributed by atoms with Crippen LogP contribution in [0, 0.1) is 0 Å². The van der Waals surface area contributed by atoms with Crippen molar-refractivity contribution in [1.82, 2.24) is 0 Å². The van der Waals surface area contributed by atoms with E-state index in [4.69, 9.17) is 4.74 Å². The van der Waals surface area contributed by atoms with E-state index in [9.17, 15) is 4.79 Å². The Labute approximate surface area is 191 Å². The Hall–Kier alpha value is -3.76. The second-order valence-corrected chi connectivity index (χ2v) is 8.56. The van der Waals surface area contributed by atoms with Crippen LogP contribution in [0.25, 0.3) is 6.08 Å². The van der Waals surface area contributed by atoms with E-state index in [1.807, 2.05) is 97.1 Å². The van der Waals surface area contributed by atoms with Crippen molar-refractivity contribution >= 4 is 35.0 Å². The lowest BCUT2D eigenvalue weighted by molar-refractivity contribution is 0.104. The molecule has 4 heteroatoms. The maximum absolute atomic E-state index is 12.7. The number of ketones is 1. The number of carbonyl (C=O) groups is 1. The highest BCUT2D eigenvalue weighted by molar-refractivity contribution is 7.99. The maximum Gasteiger partial charge on any atom is 0.185 e. The highest BCUT2D eigenvalue weighted by Gasteiger charge is 2.16. The molecule has 0 aliphatic carbocycles. The molecule has 3 nitrogen and oxygen atoms in total. The summed E-state index contributed by atoms with van der Waals surface area (Å²) in [6, 6.07) is 31.8. The number of carbonyl (C=O) groups excluding carboxylic acids is 1. The predicted octanol–water partition coefficient (Wildman–Crippen LogP) is 7.37. The van der Waals surface area contributed by atoms with Gasteiger partial charge in [-0.05, 0) is 59.7 Å². The minimum Gasteiger partial charge on any atom is -0.489 e. The number of allylic oxidation sites excluding steroid dienone is 1. The Morgan fingerprint density at radius 2 is 1.56 bits per heavy atom. The highest BCUT2D eigenvalue weighted by atomic mass is 32.2. The van der Waals surface area contributed by atoms with Crippen molar-refractivity contribution < 1.29 is 9.53 Å². The van der Waals surface area contributed by atoms with E-state index in [0.717, 1.165) is 33.1 Å². The largest absolute Gasteiger partial charge is 0.489 e. The van der Waals surface area contributed by atoms with Crippen LogP contribution in [0.5, 0.6) is 5.75 Å². The van der Waals surface area contributed by atoms with Crippen molar-refractivity contribution in [2.75, 3.05) is 5.32 Å². The van der Waals surface area contributed by atoms with Crippen molar-refractivity contribution in [3.05, 3.63) is 120 Å². The van der Waals surface area contributed by atoms with Crippen molar-refractivity contribution in [3.8, 4) is 5.75 Å². The fourth-order valence-corrected chi connectivity index (χ4v) is 4.45. The summed E-state index contributed by atoms with van der Waals surface area (Å²) in [6.07, 6.45) is 3.45. The van der Waals surface area contributed by atoms with E-state index in [0.29, 0.717) is 12.2 Å². The molecule has 156 valence electrons. The molecule has 4 aromatic carbocycles. The first-order valence-electron chi connectivity index (χ1n) is 10.4. The number of para-hydroxylation sites is 1. The zero-order valence-corrected chi connectivity index (χ0v) is 18.1. The minimum atomic E-state index is -0.0251. The quantitative estimate of drug-likeness (QED) is 0.223. The summed E-state index contributed by atoms with van der Waals surface area (Å²) in [6.45, 7) is 0.531. The van der Waals surface area contributed by atoms with Crippen LogP contribution >= 0.6 is 11.8 Å². The van der Waals surface area contributed by atoms with Gasteiger partial charge < -0.3 is 10.1 Å². The SMILES string of the molecule is O=C(/C=C/c1ccc(OCc2ccccc2)cc1)c1ccc2c(c1)Nc1ccccc1S2. The first kappa shape index (κ1) is 20.2. The van der Waals surface area contributed by atoms with Gasteiger partial charge in [-0.1, -0.05) is 72.4 Å². The third-order valence-corrected chi connectivity index (χ3v) is 6.35. The van der Waals surface area contributed by atoms with Crippen LogP contribution in [0.2, 0.25) is 0 Å². The number of hydrogen-bond donors (Lipinski definition) is 1. The van der Waals surface area contributed by atoms with Gasteiger partial charge in [-0.2, -0.15) is 0 Å². The molecule has 0 atom stereocenters. The van der Waals surface area contributed by atoms with Gasteiger partial charge in [0, 0.05) is 15.4 Å². The molecule has 1 heterocycles. The topological polar surface area (TPSA) is 38.3 Å². The number of benzene rings is 4. The molecule has 5 rings (SSSR count). The molecule has 4 aromatic rings. The molecule has 0 bridgehead atoms. The van der Waals surface area contributed by atoms with Gasteiger partial charge in [-0.3, -0.25) is 4.79 Å². The number of nitrogens with one attached hydrogen (secondary N) is 1. The van der Waals surface area contributed by atoms with Gasteiger partial charge in [0.15, 0.2) is 5.78 Å². The van der Waals surface area contributed by atoms with Crippen LogP contribution in [0.3, 0.4) is 0 Å². The third-order valence-electron chi connectivity index (χ3n) is 5.20. The Bertz CT molecular complexity index is 1280. The third kappa shape index (κ3) is 4.61. The zero-order chi connectivity index (χ0) is 21.8. The summed E-state index contributed by atoms with van der Waals surface area (Å²) in [4.78, 5) is 15.0. The second kappa shape index (κ2) is 9.16. The Morgan fingerprint density at radius 1 is 0.812 bits per heavy atom. The van der Waals surface area contributed by atoms with Gasteiger partial charge >= 0.3 is 0 Å². The maximum atomic E-state index is 12.7. The zero-order valence-electron chi connectivity index (χ0n) is 17.3. The number of fused-ring (bicyclic) bond motifs is 2. The van der Waals surface area contributed by atoms with Crippen LogP contribution in [0.4, 0.5) is 11.4 Å². The Morgan fingerprint density at radius 3 is 2.41 bits per heavy atom. The van der Waals surface area contributed by atoms with Gasteiger partial charge in [-0.15, -0.1) is 0 Å². The van der Waals surface area contributed by atoms with E-state index < -0.39 is 0 Å². The first-order valence-corrected chi connectivity index (χ1v) is 11.2. The van der Waals surface area contributed by atoms with E-state index in [1.165, 1.54) is 4.90 Å². The Balaban J connectivity index is 1.23. The van der Waals surface area contributed by atoms with Crippen LogP contribution in [-0.2, 0) is 6.61 Å². The van der Waals surface area contributed by atoms with Crippen LogP contribution < -0.4 is 10.1 Å². The molecule has 0 amide bonds. The minimum absolute atomic E-state index is 0.0251. The first-order chi connectivity index (χ1) is 15.7. The summed E-state index contributed by atoms with van der Waals surface area (Å²) in [7, 11) is 0. The molecule has 0 spiro atoms. The smallest absolute Gasteiger partial charge is 0.185 e. The van der Waals surface area contributed by atoms with E-state index >= 15 is 0 Å².